The fraction of sp³-hybridized carbons (Fsp3) is 0.455. The highest BCUT2D eigenvalue weighted by Gasteiger charge is 2.28. The lowest BCUT2D eigenvalue weighted by atomic mass is 10.1. The van der Waals surface area contributed by atoms with E-state index in [9.17, 15) is 4.39 Å². The molecule has 1 N–H and O–H groups in total. The number of halogens is 1. The van der Waals surface area contributed by atoms with E-state index in [1.165, 1.54) is 6.07 Å². The smallest absolute Gasteiger partial charge is 0.231 e. The maximum Gasteiger partial charge on any atom is 0.231 e. The summed E-state index contributed by atoms with van der Waals surface area (Å²) in [6.45, 7) is 2.11. The van der Waals surface area contributed by atoms with Crippen molar-refractivity contribution in [3.8, 4) is 11.5 Å². The van der Waals surface area contributed by atoms with Gasteiger partial charge in [0.15, 0.2) is 11.5 Å². The van der Waals surface area contributed by atoms with Gasteiger partial charge in [0.2, 0.25) is 6.79 Å². The van der Waals surface area contributed by atoms with Gasteiger partial charge in [0.25, 0.3) is 0 Å². The molecule has 1 saturated heterocycles. The third-order valence-electron chi connectivity index (χ3n) is 2.77. The van der Waals surface area contributed by atoms with Crippen LogP contribution in [0, 0.1) is 5.82 Å². The molecular weight excluding hydrogens is 213 g/mol. The van der Waals surface area contributed by atoms with E-state index in [1.54, 1.807) is 6.07 Å². The molecule has 0 aromatic heterocycles. The molecule has 16 heavy (non-hydrogen) atoms. The molecule has 0 amide bonds. The van der Waals surface area contributed by atoms with E-state index in [2.05, 4.69) is 5.32 Å². The highest BCUT2D eigenvalue weighted by atomic mass is 19.1. The molecule has 2 aliphatic rings. The number of fused-ring (bicyclic) bond motifs is 1. The van der Waals surface area contributed by atoms with Gasteiger partial charge in [-0.1, -0.05) is 0 Å². The molecule has 0 spiro atoms. The molecule has 2 aliphatic heterocycles. The van der Waals surface area contributed by atoms with Gasteiger partial charge >= 0.3 is 0 Å². The number of morpholine rings is 1. The molecule has 0 aliphatic carbocycles. The minimum absolute atomic E-state index is 0.145. The van der Waals surface area contributed by atoms with Crippen LogP contribution in [0.25, 0.3) is 0 Å². The quantitative estimate of drug-likeness (QED) is 0.780. The van der Waals surface area contributed by atoms with Gasteiger partial charge in [-0.25, -0.2) is 4.39 Å². The van der Waals surface area contributed by atoms with Gasteiger partial charge in [0, 0.05) is 13.1 Å². The topological polar surface area (TPSA) is 39.7 Å². The predicted molar refractivity (Wildman–Crippen MR) is 54.1 cm³/mol. The summed E-state index contributed by atoms with van der Waals surface area (Å²) in [4.78, 5) is 0. The Labute approximate surface area is 92.3 Å². The van der Waals surface area contributed by atoms with Gasteiger partial charge in [0.1, 0.15) is 11.9 Å². The average molecular weight is 225 g/mol. The van der Waals surface area contributed by atoms with Crippen LogP contribution < -0.4 is 14.8 Å². The number of ether oxygens (including phenoxy) is 3. The van der Waals surface area contributed by atoms with Gasteiger partial charge < -0.3 is 19.5 Å². The third-order valence-corrected chi connectivity index (χ3v) is 2.77. The maximum absolute atomic E-state index is 13.8. The zero-order valence-electron chi connectivity index (χ0n) is 8.66. The molecule has 0 bridgehead atoms. The number of hydrogen-bond acceptors (Lipinski definition) is 4. The van der Waals surface area contributed by atoms with Crippen molar-refractivity contribution in [3.63, 3.8) is 0 Å². The molecule has 2 heterocycles. The SMILES string of the molecule is Fc1ccc2c(c1C1CNCCO1)OCO2. The van der Waals surface area contributed by atoms with Crippen LogP contribution in [0.2, 0.25) is 0 Å². The fourth-order valence-corrected chi connectivity index (χ4v) is 2.02. The Morgan fingerprint density at radius 1 is 1.31 bits per heavy atom. The molecule has 1 fully saturated rings. The van der Waals surface area contributed by atoms with Crippen LogP contribution in [0.1, 0.15) is 11.7 Å². The standard InChI is InChI=1S/C11H12FNO3/c12-7-1-2-8-11(16-6-15-8)10(7)9-5-13-3-4-14-9/h1-2,9,13H,3-6H2. The predicted octanol–water partition coefficient (Wildman–Crippen LogP) is 1.22. The average Bonchev–Trinajstić information content (AvgIpc) is 2.78. The first kappa shape index (κ1) is 9.86. The maximum atomic E-state index is 13.8. The van der Waals surface area contributed by atoms with E-state index in [1.807, 2.05) is 0 Å². The highest BCUT2D eigenvalue weighted by molar-refractivity contribution is 5.50. The van der Waals surface area contributed by atoms with Gasteiger partial charge in [-0.3, -0.25) is 0 Å². The molecule has 1 aromatic carbocycles. The van der Waals surface area contributed by atoms with E-state index in [0.29, 0.717) is 30.2 Å². The van der Waals surface area contributed by atoms with Crippen molar-refractivity contribution in [3.05, 3.63) is 23.5 Å². The van der Waals surface area contributed by atoms with E-state index in [4.69, 9.17) is 14.2 Å². The van der Waals surface area contributed by atoms with Crippen molar-refractivity contribution >= 4 is 0 Å². The van der Waals surface area contributed by atoms with Gasteiger partial charge in [0.05, 0.1) is 12.2 Å². The van der Waals surface area contributed by atoms with Crippen molar-refractivity contribution in [1.82, 2.24) is 5.32 Å². The number of rotatable bonds is 1. The largest absolute Gasteiger partial charge is 0.454 e. The lowest BCUT2D eigenvalue weighted by Gasteiger charge is -2.25. The van der Waals surface area contributed by atoms with Crippen molar-refractivity contribution in [1.29, 1.82) is 0 Å². The summed E-state index contributed by atoms with van der Waals surface area (Å²) < 4.78 is 29.8. The molecule has 5 heteroatoms. The van der Waals surface area contributed by atoms with Gasteiger partial charge in [-0.15, -0.1) is 0 Å². The highest BCUT2D eigenvalue weighted by Crippen LogP contribution is 2.41. The Kier molecular flexibility index (Phi) is 2.41. The second-order valence-electron chi connectivity index (χ2n) is 3.76. The Hall–Kier alpha value is -1.33. The zero-order valence-corrected chi connectivity index (χ0v) is 8.66. The molecule has 1 aromatic rings. The molecular formula is C11H12FNO3. The van der Waals surface area contributed by atoms with Gasteiger partial charge in [-0.2, -0.15) is 0 Å². The van der Waals surface area contributed by atoms with Crippen LogP contribution in [-0.4, -0.2) is 26.5 Å². The molecule has 1 atom stereocenters. The summed E-state index contributed by atoms with van der Waals surface area (Å²) in [7, 11) is 0. The summed E-state index contributed by atoms with van der Waals surface area (Å²) >= 11 is 0. The van der Waals surface area contributed by atoms with E-state index in [0.717, 1.165) is 6.54 Å². The van der Waals surface area contributed by atoms with Gasteiger partial charge in [-0.05, 0) is 12.1 Å². The number of hydrogen-bond donors (Lipinski definition) is 1. The summed E-state index contributed by atoms with van der Waals surface area (Å²) in [6.07, 6.45) is -0.301. The first-order valence-corrected chi connectivity index (χ1v) is 5.26. The summed E-state index contributed by atoms with van der Waals surface area (Å²) in [5, 5.41) is 3.16. The molecule has 0 saturated carbocycles. The van der Waals surface area contributed by atoms with Crippen LogP contribution in [0.15, 0.2) is 12.1 Å². The Balaban J connectivity index is 2.01. The second-order valence-corrected chi connectivity index (χ2v) is 3.76. The van der Waals surface area contributed by atoms with Crippen molar-refractivity contribution in [2.75, 3.05) is 26.5 Å². The number of benzene rings is 1. The molecule has 0 radical (unpaired) electrons. The van der Waals surface area contributed by atoms with E-state index >= 15 is 0 Å². The summed E-state index contributed by atoms with van der Waals surface area (Å²) in [6, 6.07) is 2.97. The van der Waals surface area contributed by atoms with Crippen LogP contribution in [0.4, 0.5) is 4.39 Å². The Bertz CT molecular complexity index is 404. The molecule has 4 nitrogen and oxygen atoms in total. The lowest BCUT2D eigenvalue weighted by Crippen LogP contribution is -2.33. The fourth-order valence-electron chi connectivity index (χ4n) is 2.02. The Morgan fingerprint density at radius 3 is 3.06 bits per heavy atom. The molecule has 86 valence electrons. The number of nitrogens with one attached hydrogen (secondary N) is 1. The summed E-state index contributed by atoms with van der Waals surface area (Å²) in [5.74, 6) is 0.761. The minimum atomic E-state index is -0.307. The van der Waals surface area contributed by atoms with Crippen molar-refractivity contribution in [2.45, 2.75) is 6.10 Å². The second kappa shape index (κ2) is 3.92. The van der Waals surface area contributed by atoms with Crippen LogP contribution in [-0.2, 0) is 4.74 Å². The van der Waals surface area contributed by atoms with Crippen LogP contribution in [0.3, 0.4) is 0 Å². The minimum Gasteiger partial charge on any atom is -0.454 e. The summed E-state index contributed by atoms with van der Waals surface area (Å²) in [5.41, 5.74) is 0.460. The zero-order chi connectivity index (χ0) is 11.0. The first-order valence-electron chi connectivity index (χ1n) is 5.26. The Morgan fingerprint density at radius 2 is 2.25 bits per heavy atom. The molecule has 3 rings (SSSR count). The lowest BCUT2D eigenvalue weighted by molar-refractivity contribution is 0.0237. The third kappa shape index (κ3) is 1.52. The monoisotopic (exact) mass is 225 g/mol. The normalized spacial score (nSPS) is 23.4. The molecule has 1 unspecified atom stereocenters. The van der Waals surface area contributed by atoms with Crippen LogP contribution in [0.5, 0.6) is 11.5 Å². The first-order chi connectivity index (χ1) is 7.86. The van der Waals surface area contributed by atoms with Crippen LogP contribution >= 0.6 is 0 Å². The van der Waals surface area contributed by atoms with Crippen molar-refractivity contribution < 1.29 is 18.6 Å². The van der Waals surface area contributed by atoms with E-state index in [-0.39, 0.29) is 18.7 Å². The van der Waals surface area contributed by atoms with Crippen molar-refractivity contribution in [2.24, 2.45) is 0 Å². The van der Waals surface area contributed by atoms with E-state index < -0.39 is 0 Å².